The van der Waals surface area contributed by atoms with E-state index in [-0.39, 0.29) is 11.4 Å². The molecule has 0 bridgehead atoms. The normalized spacial score (nSPS) is 17.7. The second kappa shape index (κ2) is 10.5. The van der Waals surface area contributed by atoms with Gasteiger partial charge in [-0.3, -0.25) is 9.69 Å². The van der Waals surface area contributed by atoms with Crippen molar-refractivity contribution in [3.05, 3.63) is 89.0 Å². The van der Waals surface area contributed by atoms with E-state index in [1.54, 1.807) is 6.08 Å². The van der Waals surface area contributed by atoms with Crippen LogP contribution in [0.3, 0.4) is 0 Å². The van der Waals surface area contributed by atoms with E-state index in [2.05, 4.69) is 46.6 Å². The van der Waals surface area contributed by atoms with Gasteiger partial charge in [0, 0.05) is 31.2 Å². The Morgan fingerprint density at radius 1 is 1.03 bits per heavy atom. The Bertz CT molecular complexity index is 1270. The first-order valence-corrected chi connectivity index (χ1v) is 12.9. The van der Waals surface area contributed by atoms with E-state index in [9.17, 15) is 4.79 Å². The molecule has 1 saturated carbocycles. The van der Waals surface area contributed by atoms with Crippen molar-refractivity contribution in [1.82, 2.24) is 10.2 Å². The molecule has 35 heavy (non-hydrogen) atoms. The number of fused-ring (bicyclic) bond motifs is 2. The number of carbonyl (C=O) groups excluding carboxylic acids is 1. The van der Waals surface area contributed by atoms with Gasteiger partial charge >= 0.3 is 0 Å². The molecule has 1 aliphatic carbocycles. The smallest absolute Gasteiger partial charge is 0.244 e. The Morgan fingerprint density at radius 2 is 1.86 bits per heavy atom. The fourth-order valence-corrected chi connectivity index (χ4v) is 5.77. The number of hydrogen-bond donors (Lipinski definition) is 1. The van der Waals surface area contributed by atoms with E-state index < -0.39 is 0 Å². The largest absolute Gasteiger partial charge is 0.347 e. The highest BCUT2D eigenvalue weighted by Gasteiger charge is 2.33. The van der Waals surface area contributed by atoms with Gasteiger partial charge in [0.15, 0.2) is 0 Å². The van der Waals surface area contributed by atoms with Crippen LogP contribution in [0.4, 0.5) is 0 Å². The van der Waals surface area contributed by atoms with Gasteiger partial charge in [-0.1, -0.05) is 67.8 Å². The molecule has 1 heterocycles. The lowest BCUT2D eigenvalue weighted by Crippen LogP contribution is -2.51. The standard InChI is InChI=1S/C31H33N3O/c32-22-24-11-12-28-23-34(19-15-27(28)21-24)20-18-31(16-4-1-5-17-31)33-30(35)14-13-26-9-6-8-25-7-2-3-10-29(25)26/h2-3,6-14,21H,1,4-5,15-20,23H2,(H,33,35)/b14-13+. The third-order valence-electron chi connectivity index (χ3n) is 7.77. The van der Waals surface area contributed by atoms with Gasteiger partial charge in [0.2, 0.25) is 5.91 Å². The maximum absolute atomic E-state index is 13.1. The average Bonchev–Trinajstić information content (AvgIpc) is 2.91. The minimum atomic E-state index is -0.122. The van der Waals surface area contributed by atoms with Crippen LogP contribution in [0.1, 0.15) is 60.8 Å². The van der Waals surface area contributed by atoms with Gasteiger partial charge in [-0.15, -0.1) is 0 Å². The Labute approximate surface area is 208 Å². The molecule has 5 rings (SSSR count). The van der Waals surface area contributed by atoms with Gasteiger partial charge in [0.25, 0.3) is 0 Å². The topological polar surface area (TPSA) is 56.1 Å². The van der Waals surface area contributed by atoms with Crippen molar-refractivity contribution < 1.29 is 4.79 Å². The van der Waals surface area contributed by atoms with E-state index in [4.69, 9.17) is 5.26 Å². The predicted molar refractivity (Wildman–Crippen MR) is 142 cm³/mol. The Hall–Kier alpha value is -3.42. The molecular weight excluding hydrogens is 430 g/mol. The fourth-order valence-electron chi connectivity index (χ4n) is 5.77. The summed E-state index contributed by atoms with van der Waals surface area (Å²) in [5, 5.41) is 15.0. The van der Waals surface area contributed by atoms with E-state index in [1.807, 2.05) is 36.4 Å². The van der Waals surface area contributed by atoms with Crippen molar-refractivity contribution in [2.24, 2.45) is 0 Å². The van der Waals surface area contributed by atoms with Crippen LogP contribution >= 0.6 is 0 Å². The molecule has 1 fully saturated rings. The van der Waals surface area contributed by atoms with Gasteiger partial charge in [0.1, 0.15) is 0 Å². The maximum Gasteiger partial charge on any atom is 0.244 e. The molecule has 2 aliphatic rings. The lowest BCUT2D eigenvalue weighted by Gasteiger charge is -2.40. The van der Waals surface area contributed by atoms with Crippen molar-refractivity contribution in [2.75, 3.05) is 13.1 Å². The minimum absolute atomic E-state index is 0.00727. The molecule has 178 valence electrons. The molecule has 0 radical (unpaired) electrons. The molecule has 0 atom stereocenters. The molecule has 3 aromatic carbocycles. The fraction of sp³-hybridized carbons (Fsp3) is 0.355. The maximum atomic E-state index is 13.1. The molecule has 3 aromatic rings. The van der Waals surface area contributed by atoms with E-state index in [0.717, 1.165) is 56.4 Å². The highest BCUT2D eigenvalue weighted by molar-refractivity contribution is 5.97. The van der Waals surface area contributed by atoms with Crippen LogP contribution in [-0.4, -0.2) is 29.4 Å². The number of carbonyl (C=O) groups is 1. The first kappa shape index (κ1) is 23.3. The number of nitriles is 1. The second-order valence-electron chi connectivity index (χ2n) is 10.1. The number of nitrogens with zero attached hydrogens (tertiary/aromatic N) is 2. The van der Waals surface area contributed by atoms with Gasteiger partial charge in [0.05, 0.1) is 11.6 Å². The monoisotopic (exact) mass is 463 g/mol. The summed E-state index contributed by atoms with van der Waals surface area (Å²) in [4.78, 5) is 15.6. The number of rotatable bonds is 6. The molecule has 0 aromatic heterocycles. The summed E-state index contributed by atoms with van der Waals surface area (Å²) in [6.45, 7) is 2.91. The SMILES string of the molecule is N#Cc1ccc2c(c1)CCN(CCC1(NC(=O)/C=C/c3cccc4ccccc34)CCCCC1)C2. The number of amides is 1. The van der Waals surface area contributed by atoms with Crippen LogP contribution in [-0.2, 0) is 17.8 Å². The van der Waals surface area contributed by atoms with Crippen LogP contribution in [0, 0.1) is 11.3 Å². The molecule has 0 spiro atoms. The Balaban J connectivity index is 1.24. The van der Waals surface area contributed by atoms with Gasteiger partial charge in [-0.2, -0.15) is 5.26 Å². The summed E-state index contributed by atoms with van der Waals surface area (Å²) in [6.07, 6.45) is 11.3. The molecule has 1 N–H and O–H groups in total. The van der Waals surface area contributed by atoms with Crippen LogP contribution in [0.25, 0.3) is 16.8 Å². The van der Waals surface area contributed by atoms with Gasteiger partial charge in [-0.25, -0.2) is 0 Å². The van der Waals surface area contributed by atoms with Crippen molar-refractivity contribution in [3.8, 4) is 6.07 Å². The second-order valence-corrected chi connectivity index (χ2v) is 10.1. The first-order valence-electron chi connectivity index (χ1n) is 12.9. The zero-order valence-electron chi connectivity index (χ0n) is 20.3. The summed E-state index contributed by atoms with van der Waals surface area (Å²) < 4.78 is 0. The minimum Gasteiger partial charge on any atom is -0.347 e. The zero-order chi connectivity index (χ0) is 24.1. The number of hydrogen-bond acceptors (Lipinski definition) is 3. The van der Waals surface area contributed by atoms with E-state index >= 15 is 0 Å². The van der Waals surface area contributed by atoms with Crippen molar-refractivity contribution in [3.63, 3.8) is 0 Å². The third-order valence-corrected chi connectivity index (χ3v) is 7.77. The lowest BCUT2D eigenvalue weighted by molar-refractivity contribution is -0.118. The summed E-state index contributed by atoms with van der Waals surface area (Å²) >= 11 is 0. The number of benzene rings is 3. The quantitative estimate of drug-likeness (QED) is 0.457. The molecule has 4 heteroatoms. The summed E-state index contributed by atoms with van der Waals surface area (Å²) in [5.74, 6) is 0.00727. The van der Waals surface area contributed by atoms with E-state index in [1.165, 1.54) is 41.2 Å². The van der Waals surface area contributed by atoms with Crippen molar-refractivity contribution >= 4 is 22.8 Å². The highest BCUT2D eigenvalue weighted by Crippen LogP contribution is 2.32. The molecule has 0 saturated heterocycles. The van der Waals surface area contributed by atoms with Crippen LogP contribution in [0.2, 0.25) is 0 Å². The van der Waals surface area contributed by atoms with Crippen LogP contribution in [0.15, 0.2) is 66.7 Å². The molecule has 4 nitrogen and oxygen atoms in total. The van der Waals surface area contributed by atoms with Crippen LogP contribution in [0.5, 0.6) is 0 Å². The predicted octanol–water partition coefficient (Wildman–Crippen LogP) is 5.99. The van der Waals surface area contributed by atoms with Crippen molar-refractivity contribution in [1.29, 1.82) is 5.26 Å². The van der Waals surface area contributed by atoms with Gasteiger partial charge < -0.3 is 5.32 Å². The summed E-state index contributed by atoms with van der Waals surface area (Å²) in [5.41, 5.74) is 4.33. The molecule has 1 amide bonds. The van der Waals surface area contributed by atoms with E-state index in [0.29, 0.717) is 0 Å². The molecular formula is C31H33N3O. The zero-order valence-corrected chi connectivity index (χ0v) is 20.3. The van der Waals surface area contributed by atoms with Crippen LogP contribution < -0.4 is 5.32 Å². The molecule has 0 unspecified atom stereocenters. The third kappa shape index (κ3) is 5.47. The number of nitrogens with one attached hydrogen (secondary N) is 1. The lowest BCUT2D eigenvalue weighted by atomic mass is 9.79. The Morgan fingerprint density at radius 3 is 2.71 bits per heavy atom. The summed E-state index contributed by atoms with van der Waals surface area (Å²) in [6, 6.07) is 22.8. The molecule has 1 aliphatic heterocycles. The highest BCUT2D eigenvalue weighted by atomic mass is 16.1. The van der Waals surface area contributed by atoms with Crippen molar-refractivity contribution in [2.45, 2.75) is 57.0 Å². The first-order chi connectivity index (χ1) is 17.1. The van der Waals surface area contributed by atoms with Gasteiger partial charge in [-0.05, 0) is 71.4 Å². The summed E-state index contributed by atoms with van der Waals surface area (Å²) in [7, 11) is 0. The Kier molecular flexibility index (Phi) is 6.97. The average molecular weight is 464 g/mol.